The molecule has 2 N–H and O–H groups in total. The van der Waals surface area contributed by atoms with Gasteiger partial charge in [-0.15, -0.1) is 5.10 Å². The number of rotatable bonds is 4. The normalized spacial score (nSPS) is 22.2. The Balaban J connectivity index is 1.54. The lowest BCUT2D eigenvalue weighted by atomic mass is 10.1. The third-order valence-electron chi connectivity index (χ3n) is 3.76. The minimum atomic E-state index is -4.63. The van der Waals surface area contributed by atoms with Crippen molar-refractivity contribution < 1.29 is 22.8 Å². The molecule has 1 aliphatic heterocycles. The number of hydrogen-bond donors (Lipinski definition) is 2. The molecule has 120 valence electrons. The summed E-state index contributed by atoms with van der Waals surface area (Å²) in [7, 11) is 0. The van der Waals surface area contributed by atoms with Gasteiger partial charge in [0, 0.05) is 12.6 Å². The van der Waals surface area contributed by atoms with Crippen LogP contribution in [0.1, 0.15) is 30.9 Å². The van der Waals surface area contributed by atoms with Gasteiger partial charge in [-0.3, -0.25) is 14.7 Å². The van der Waals surface area contributed by atoms with E-state index >= 15 is 0 Å². The van der Waals surface area contributed by atoms with Gasteiger partial charge in [0.15, 0.2) is 0 Å². The second-order valence-corrected chi connectivity index (χ2v) is 5.43. The van der Waals surface area contributed by atoms with Gasteiger partial charge in [-0.05, 0) is 19.3 Å². The Hall–Kier alpha value is -2.13. The molecule has 3 rings (SSSR count). The number of aromatic nitrogens is 3. The number of hydrogen-bond acceptors (Lipinski definition) is 4. The standard InChI is InChI=1S/C12H14F3N5O2/c13-12(14,15)11-17-8(18-19-11)5-16-9(21)7-3-4-20(10(7)22)6-1-2-6/h6-7H,1-5H2,(H,16,21)(H,17,18,19). The maximum atomic E-state index is 12.3. The van der Waals surface area contributed by atoms with Gasteiger partial charge < -0.3 is 10.2 Å². The monoisotopic (exact) mass is 317 g/mol. The van der Waals surface area contributed by atoms with Crippen molar-refractivity contribution in [2.24, 2.45) is 5.92 Å². The van der Waals surface area contributed by atoms with Crippen molar-refractivity contribution in [3.8, 4) is 0 Å². The average molecular weight is 317 g/mol. The fourth-order valence-electron chi connectivity index (χ4n) is 2.49. The summed E-state index contributed by atoms with van der Waals surface area (Å²) in [6.07, 6.45) is -2.26. The zero-order valence-electron chi connectivity index (χ0n) is 11.5. The van der Waals surface area contributed by atoms with E-state index in [-0.39, 0.29) is 24.3 Å². The molecule has 10 heteroatoms. The molecule has 1 aliphatic carbocycles. The van der Waals surface area contributed by atoms with E-state index in [0.717, 1.165) is 12.8 Å². The lowest BCUT2D eigenvalue weighted by molar-refractivity contribution is -0.144. The number of halogens is 3. The highest BCUT2D eigenvalue weighted by Gasteiger charge is 2.43. The fourth-order valence-corrected chi connectivity index (χ4v) is 2.49. The Bertz CT molecular complexity index is 596. The molecule has 2 heterocycles. The van der Waals surface area contributed by atoms with Crippen molar-refractivity contribution in [2.75, 3.05) is 6.54 Å². The van der Waals surface area contributed by atoms with Crippen molar-refractivity contribution in [2.45, 2.75) is 38.0 Å². The van der Waals surface area contributed by atoms with Crippen LogP contribution in [0, 0.1) is 5.92 Å². The quantitative estimate of drug-likeness (QED) is 0.789. The molecule has 1 saturated heterocycles. The summed E-state index contributed by atoms with van der Waals surface area (Å²) in [5, 5.41) is 7.58. The Kier molecular flexibility index (Phi) is 3.53. The average Bonchev–Trinajstić information content (AvgIpc) is 3.02. The smallest absolute Gasteiger partial charge is 0.348 e. The van der Waals surface area contributed by atoms with Crippen molar-refractivity contribution in [1.82, 2.24) is 25.4 Å². The highest BCUT2D eigenvalue weighted by atomic mass is 19.4. The first-order valence-electron chi connectivity index (χ1n) is 6.93. The van der Waals surface area contributed by atoms with Gasteiger partial charge in [-0.25, -0.2) is 4.98 Å². The molecule has 0 bridgehead atoms. The Morgan fingerprint density at radius 1 is 1.36 bits per heavy atom. The molecule has 1 saturated carbocycles. The molecule has 1 aromatic heterocycles. The van der Waals surface area contributed by atoms with Crippen LogP contribution in [0.15, 0.2) is 0 Å². The fraction of sp³-hybridized carbons (Fsp3) is 0.667. The molecule has 2 aliphatic rings. The molecule has 0 spiro atoms. The van der Waals surface area contributed by atoms with Gasteiger partial charge in [0.1, 0.15) is 11.7 Å². The number of nitrogens with one attached hydrogen (secondary N) is 2. The molecular formula is C12H14F3N5O2. The minimum Gasteiger partial charge on any atom is -0.348 e. The molecule has 2 amide bonds. The predicted octanol–water partition coefficient (Wildman–Crippen LogP) is 0.451. The minimum absolute atomic E-state index is 0.106. The second kappa shape index (κ2) is 5.25. The van der Waals surface area contributed by atoms with Gasteiger partial charge in [-0.2, -0.15) is 13.2 Å². The zero-order valence-corrected chi connectivity index (χ0v) is 11.5. The molecule has 1 unspecified atom stereocenters. The van der Waals surface area contributed by atoms with E-state index in [4.69, 9.17) is 0 Å². The van der Waals surface area contributed by atoms with Crippen molar-refractivity contribution in [1.29, 1.82) is 0 Å². The van der Waals surface area contributed by atoms with Crippen LogP contribution in [-0.4, -0.2) is 44.5 Å². The molecule has 2 fully saturated rings. The van der Waals surface area contributed by atoms with E-state index in [1.54, 1.807) is 4.90 Å². The molecule has 22 heavy (non-hydrogen) atoms. The first kappa shape index (κ1) is 14.8. The van der Waals surface area contributed by atoms with Gasteiger partial charge in [0.2, 0.25) is 11.8 Å². The second-order valence-electron chi connectivity index (χ2n) is 5.43. The third kappa shape index (κ3) is 2.90. The van der Waals surface area contributed by atoms with Gasteiger partial charge in [0.05, 0.1) is 6.54 Å². The van der Waals surface area contributed by atoms with Crippen LogP contribution in [0.25, 0.3) is 0 Å². The van der Waals surface area contributed by atoms with E-state index in [0.29, 0.717) is 13.0 Å². The van der Waals surface area contributed by atoms with Gasteiger partial charge >= 0.3 is 6.18 Å². The number of aromatic amines is 1. The largest absolute Gasteiger partial charge is 0.453 e. The van der Waals surface area contributed by atoms with E-state index in [2.05, 4.69) is 20.5 Å². The molecule has 0 radical (unpaired) electrons. The van der Waals surface area contributed by atoms with Crippen molar-refractivity contribution >= 4 is 11.8 Å². The number of alkyl halides is 3. The summed E-state index contributed by atoms with van der Waals surface area (Å²) < 4.78 is 37.0. The predicted molar refractivity (Wildman–Crippen MR) is 66.1 cm³/mol. The maximum Gasteiger partial charge on any atom is 0.453 e. The van der Waals surface area contributed by atoms with Crippen LogP contribution in [-0.2, 0) is 22.3 Å². The van der Waals surface area contributed by atoms with Crippen LogP contribution in [0.2, 0.25) is 0 Å². The molecule has 0 aromatic carbocycles. The Morgan fingerprint density at radius 3 is 2.68 bits per heavy atom. The van der Waals surface area contributed by atoms with Crippen molar-refractivity contribution in [3.63, 3.8) is 0 Å². The third-order valence-corrected chi connectivity index (χ3v) is 3.76. The van der Waals surface area contributed by atoms with Crippen LogP contribution in [0.4, 0.5) is 13.2 Å². The number of amides is 2. The van der Waals surface area contributed by atoms with Crippen LogP contribution >= 0.6 is 0 Å². The van der Waals surface area contributed by atoms with Crippen LogP contribution < -0.4 is 5.32 Å². The number of carbonyl (C=O) groups excluding carboxylic acids is 2. The zero-order chi connectivity index (χ0) is 15.9. The summed E-state index contributed by atoms with van der Waals surface area (Å²) in [6.45, 7) is 0.331. The number of nitrogens with zero attached hydrogens (tertiary/aromatic N) is 3. The first-order valence-corrected chi connectivity index (χ1v) is 6.93. The molecule has 1 atom stereocenters. The van der Waals surface area contributed by atoms with Crippen LogP contribution in [0.5, 0.6) is 0 Å². The van der Waals surface area contributed by atoms with E-state index < -0.39 is 23.8 Å². The van der Waals surface area contributed by atoms with E-state index in [1.165, 1.54) is 0 Å². The lowest BCUT2D eigenvalue weighted by Gasteiger charge is -2.15. The molecular weight excluding hydrogens is 303 g/mol. The highest BCUT2D eigenvalue weighted by Crippen LogP contribution is 2.32. The topological polar surface area (TPSA) is 91.0 Å². The van der Waals surface area contributed by atoms with E-state index in [1.807, 2.05) is 0 Å². The first-order chi connectivity index (χ1) is 10.4. The van der Waals surface area contributed by atoms with Crippen LogP contribution in [0.3, 0.4) is 0 Å². The number of likely N-dealkylation sites (tertiary alicyclic amines) is 1. The van der Waals surface area contributed by atoms with E-state index in [9.17, 15) is 22.8 Å². The number of carbonyl (C=O) groups is 2. The molecule has 1 aromatic rings. The summed E-state index contributed by atoms with van der Waals surface area (Å²) in [4.78, 5) is 29.0. The lowest BCUT2D eigenvalue weighted by Crippen LogP contribution is -2.37. The summed E-state index contributed by atoms with van der Waals surface area (Å²) in [5.41, 5.74) is 0. The van der Waals surface area contributed by atoms with Gasteiger partial charge in [-0.1, -0.05) is 0 Å². The SMILES string of the molecule is O=C(NCc1nc(C(F)(F)F)n[nH]1)C1CCN(C2CC2)C1=O. The molecule has 7 nitrogen and oxygen atoms in total. The number of H-pyrrole nitrogens is 1. The summed E-state index contributed by atoms with van der Waals surface area (Å²) >= 11 is 0. The van der Waals surface area contributed by atoms with Gasteiger partial charge in [0.25, 0.3) is 5.82 Å². The Morgan fingerprint density at radius 2 is 2.09 bits per heavy atom. The van der Waals surface area contributed by atoms with Crippen molar-refractivity contribution in [3.05, 3.63) is 11.6 Å². The highest BCUT2D eigenvalue weighted by molar-refractivity contribution is 6.01. The Labute approximate surface area is 123 Å². The summed E-state index contributed by atoms with van der Waals surface area (Å²) in [6, 6.07) is 0.258. The summed E-state index contributed by atoms with van der Waals surface area (Å²) in [5.74, 6) is -2.84. The maximum absolute atomic E-state index is 12.3.